The largest absolute Gasteiger partial charge is 0.480 e. The quantitative estimate of drug-likeness (QED) is 0.0180. The van der Waals surface area contributed by atoms with Gasteiger partial charge in [0.1, 0.15) is 71.6 Å². The van der Waals surface area contributed by atoms with Crippen molar-refractivity contribution in [1.82, 2.24) is 56.8 Å². The summed E-state index contributed by atoms with van der Waals surface area (Å²) in [6.07, 6.45) is -2.47. The van der Waals surface area contributed by atoms with Gasteiger partial charge in [0.2, 0.25) is 41.4 Å². The Morgan fingerprint density at radius 3 is 1.17 bits per heavy atom. The van der Waals surface area contributed by atoms with E-state index in [1.807, 2.05) is 72.8 Å². The van der Waals surface area contributed by atoms with Gasteiger partial charge in [-0.25, -0.2) is 19.2 Å². The molecular formula is C88H114N12O19. The summed E-state index contributed by atoms with van der Waals surface area (Å²) in [5, 5.41) is 33.7. The van der Waals surface area contributed by atoms with Crippen LogP contribution in [-0.2, 0) is 92.6 Å². The maximum atomic E-state index is 15.4. The third-order valence-corrected chi connectivity index (χ3v) is 20.9. The summed E-state index contributed by atoms with van der Waals surface area (Å²) in [6, 6.07) is 22.9. The normalized spacial score (nSPS) is 17.6. The molecule has 0 radical (unpaired) electrons. The number of likely N-dealkylation sites (tertiary alicyclic amines) is 2. The number of benzene rings is 6. The second-order valence-corrected chi connectivity index (χ2v) is 34.7. The fourth-order valence-electron chi connectivity index (χ4n) is 14.0. The van der Waals surface area contributed by atoms with Gasteiger partial charge >= 0.3 is 30.1 Å². The Morgan fingerprint density at radius 1 is 0.445 bits per heavy atom. The van der Waals surface area contributed by atoms with E-state index in [0.29, 0.717) is 22.3 Å². The lowest BCUT2D eigenvalue weighted by molar-refractivity contribution is -0.146. The zero-order valence-electron chi connectivity index (χ0n) is 70.9. The lowest BCUT2D eigenvalue weighted by atomic mass is 9.85. The lowest BCUT2D eigenvalue weighted by Gasteiger charge is -2.37. The number of nitrogens with two attached hydrogens (primary N) is 1. The highest BCUT2D eigenvalue weighted by Crippen LogP contribution is 2.31. The molecule has 0 aliphatic carbocycles. The highest BCUT2D eigenvalue weighted by molar-refractivity contribution is 6.00. The van der Waals surface area contributed by atoms with Crippen molar-refractivity contribution in [2.45, 2.75) is 219 Å². The number of nitrogens with zero attached hydrogens (tertiary/aromatic N) is 4. The number of hydrogen-bond acceptors (Lipinski definition) is 19. The standard InChI is InChI=1S/C88H114N12O19/c1-49(97(15)83(114)118-87(9,10)11)71(101)95-69(85(3,4)5)78(108)99-47-61(90-73(103)57-35-27-51(28-36-57)41-63(89)81(112)116-17)45-67(99)76(106)92-64(43-53-31-33-55-23-19-21-25-59(55)39-53)75(105)94-66(82(113)117-18)42-52-29-37-58(38-30-52)74(104)91-62-46-68(77(107)93-65(80(110)111)44-54-32-34-56-24-20-22-26-60(56)40-54)100(48-62)79(109)70(86(6,7)8)96-72(102)50(2)98(16)84(115)119-88(12,13)14/h19-40,49-50,61-70H,41-48,89H2,1-18H3,(H,90,103)(H,91,104)(H,92,106)(H,93,107)(H,94,105)(H,95,101)(H,96,102)(H,110,111)/t49-,50-,61-,62-,63-,64-,65-,66-,67-,68-,69+,70+/m0/s1. The van der Waals surface area contributed by atoms with Crippen LogP contribution < -0.4 is 43.0 Å². The van der Waals surface area contributed by atoms with Crippen molar-refractivity contribution >= 4 is 105 Å². The third kappa shape index (κ3) is 25.0. The summed E-state index contributed by atoms with van der Waals surface area (Å²) in [4.78, 5) is 203. The van der Waals surface area contributed by atoms with E-state index in [1.165, 1.54) is 81.3 Å². The number of hydrogen-bond donors (Lipinski definition) is 9. The molecule has 0 saturated carbocycles. The summed E-state index contributed by atoms with van der Waals surface area (Å²) in [5.41, 5.74) is 4.56. The Labute approximate surface area is 693 Å². The third-order valence-electron chi connectivity index (χ3n) is 20.9. The molecule has 0 bridgehead atoms. The minimum Gasteiger partial charge on any atom is -0.480 e. The molecule has 12 atom stereocenters. The first-order valence-electron chi connectivity index (χ1n) is 39.6. The summed E-state index contributed by atoms with van der Waals surface area (Å²) in [7, 11) is 5.08. The fraction of sp³-hybridized carbons (Fsp3) is 0.477. The summed E-state index contributed by atoms with van der Waals surface area (Å²) < 4.78 is 21.0. The number of likely N-dealkylation sites (N-methyl/N-ethyl adjacent to an activating group) is 2. The Balaban J connectivity index is 1.05. The van der Waals surface area contributed by atoms with Crippen molar-refractivity contribution in [3.05, 3.63) is 167 Å². The first-order chi connectivity index (χ1) is 55.6. The Kier molecular flexibility index (Phi) is 30.3. The minimum absolute atomic E-state index is 0.0757. The molecule has 6 aromatic carbocycles. The number of nitrogens with one attached hydrogen (secondary N) is 7. The van der Waals surface area contributed by atoms with E-state index < -0.39 is 178 Å². The number of ether oxygens (including phenoxy) is 4. The van der Waals surface area contributed by atoms with Crippen LogP contribution in [0.15, 0.2) is 133 Å². The van der Waals surface area contributed by atoms with Crippen LogP contribution in [0.5, 0.6) is 0 Å². The Hall–Kier alpha value is -12.0. The topological polar surface area (TPSA) is 419 Å². The molecule has 2 heterocycles. The van der Waals surface area contributed by atoms with Crippen molar-refractivity contribution in [2.75, 3.05) is 41.4 Å². The van der Waals surface area contributed by atoms with Crippen LogP contribution >= 0.6 is 0 Å². The molecule has 0 unspecified atom stereocenters. The zero-order chi connectivity index (χ0) is 88.1. The van der Waals surface area contributed by atoms with Crippen molar-refractivity contribution in [2.24, 2.45) is 16.6 Å². The molecule has 10 N–H and O–H groups in total. The van der Waals surface area contributed by atoms with Gasteiger partial charge in [-0.1, -0.05) is 151 Å². The van der Waals surface area contributed by atoms with Crippen LogP contribution in [0.25, 0.3) is 21.5 Å². The van der Waals surface area contributed by atoms with Gasteiger partial charge in [0, 0.05) is 69.7 Å². The van der Waals surface area contributed by atoms with Gasteiger partial charge in [-0.05, 0) is 154 Å². The summed E-state index contributed by atoms with van der Waals surface area (Å²) in [5.74, 6) is -9.66. The van der Waals surface area contributed by atoms with Gasteiger partial charge in [0.15, 0.2) is 0 Å². The number of amides is 11. The first-order valence-corrected chi connectivity index (χ1v) is 39.6. The predicted molar refractivity (Wildman–Crippen MR) is 443 cm³/mol. The van der Waals surface area contributed by atoms with Crippen LogP contribution in [-0.4, -0.2) is 233 Å². The van der Waals surface area contributed by atoms with E-state index >= 15 is 19.2 Å². The summed E-state index contributed by atoms with van der Waals surface area (Å²) in [6.45, 7) is 22.5. The summed E-state index contributed by atoms with van der Waals surface area (Å²) >= 11 is 0. The Morgan fingerprint density at radius 2 is 0.798 bits per heavy atom. The molecule has 2 saturated heterocycles. The van der Waals surface area contributed by atoms with E-state index in [-0.39, 0.29) is 62.7 Å². The van der Waals surface area contributed by atoms with Crippen molar-refractivity contribution < 1.29 is 91.2 Å². The molecular weight excluding hydrogens is 1530 g/mol. The van der Waals surface area contributed by atoms with Gasteiger partial charge in [0.05, 0.1) is 14.2 Å². The van der Waals surface area contributed by atoms with E-state index in [2.05, 4.69) is 37.2 Å². The molecule has 6 aromatic rings. The fourth-order valence-corrected chi connectivity index (χ4v) is 14.0. The highest BCUT2D eigenvalue weighted by Gasteiger charge is 2.49. The van der Waals surface area contributed by atoms with Crippen LogP contribution in [0, 0.1) is 10.8 Å². The van der Waals surface area contributed by atoms with Gasteiger partial charge in [-0.2, -0.15) is 0 Å². The average Bonchev–Trinajstić information content (AvgIpc) is 1.74. The maximum absolute atomic E-state index is 15.4. The average molecular weight is 1640 g/mol. The smallest absolute Gasteiger partial charge is 0.410 e. The number of esters is 2. The SMILES string of the molecule is COC(=O)[C@H](Cc1ccc(C(=O)N[C@H]2C[C@@H](C(=O)N[C@@H](Cc3ccc4ccccc4c3)C(=O)O)N(C(=O)[C@@H](NC(=O)[C@H](C)N(C)C(=O)OC(C)(C)C)C(C)(C)C)C2)cc1)NC(=O)[C@H](Cc1ccc2ccccc2c1)NC(=O)[C@@H]1C[C@H](NC(=O)c2ccc(C[C@H](N)C(=O)OC)cc2)CN1C(=O)[C@@H](NC(=O)[C@H](C)N(C)C(=O)OC(C)(C)C)C(C)(C)C. The zero-order valence-corrected chi connectivity index (χ0v) is 70.9. The van der Waals surface area contributed by atoms with Crippen LogP contribution in [0.4, 0.5) is 9.59 Å². The van der Waals surface area contributed by atoms with Crippen molar-refractivity contribution in [1.29, 1.82) is 0 Å². The number of carboxylic acid groups (broad SMARTS) is 1. The van der Waals surface area contributed by atoms with Crippen LogP contribution in [0.1, 0.15) is 153 Å². The second kappa shape index (κ2) is 39.0. The molecule has 2 aliphatic rings. The number of fused-ring (bicyclic) bond motifs is 2. The van der Waals surface area contributed by atoms with Gasteiger partial charge in [0.25, 0.3) is 11.8 Å². The predicted octanol–water partition coefficient (Wildman–Crippen LogP) is 6.45. The van der Waals surface area contributed by atoms with Gasteiger partial charge < -0.3 is 76.8 Å². The minimum atomic E-state index is -1.50. The highest BCUT2D eigenvalue weighted by atomic mass is 16.6. The number of aliphatic carboxylic acids is 1. The molecule has 2 aliphatic heterocycles. The molecule has 31 nitrogen and oxygen atoms in total. The van der Waals surface area contributed by atoms with E-state index in [1.54, 1.807) is 107 Å². The number of methoxy groups -OCH3 is 2. The molecule has 8 rings (SSSR count). The molecule has 0 spiro atoms. The van der Waals surface area contributed by atoms with Gasteiger partial charge in [-0.15, -0.1) is 0 Å². The van der Waals surface area contributed by atoms with E-state index in [9.17, 15) is 53.1 Å². The van der Waals surface area contributed by atoms with E-state index in [0.717, 1.165) is 38.5 Å². The number of rotatable bonds is 29. The van der Waals surface area contributed by atoms with E-state index in [4.69, 9.17) is 24.7 Å². The lowest BCUT2D eigenvalue weighted by Crippen LogP contribution is -2.61. The molecule has 11 amide bonds. The molecule has 640 valence electrons. The molecule has 119 heavy (non-hydrogen) atoms. The van der Waals surface area contributed by atoms with Crippen molar-refractivity contribution in [3.63, 3.8) is 0 Å². The number of carbonyl (C=O) groups excluding carboxylic acids is 13. The van der Waals surface area contributed by atoms with Crippen molar-refractivity contribution in [3.8, 4) is 0 Å². The first kappa shape index (κ1) is 92.5. The van der Waals surface area contributed by atoms with Crippen LogP contribution in [0.2, 0.25) is 0 Å². The molecule has 2 fully saturated rings. The van der Waals surface area contributed by atoms with Crippen LogP contribution in [0.3, 0.4) is 0 Å². The molecule has 0 aromatic heterocycles. The maximum Gasteiger partial charge on any atom is 0.410 e. The number of carbonyl (C=O) groups is 14. The van der Waals surface area contributed by atoms with Gasteiger partial charge in [-0.3, -0.25) is 57.7 Å². The molecule has 31 heteroatoms. The Bertz CT molecular complexity index is 4760. The number of carboxylic acids is 1. The second-order valence-electron chi connectivity index (χ2n) is 34.7. The monoisotopic (exact) mass is 1640 g/mol.